The number of H-pyrrole nitrogens is 2. The molecule has 0 aliphatic rings. The molecule has 5 aromatic rings. The molecule has 0 spiro atoms. The average Bonchev–Trinajstić information content (AvgIpc) is 3.51. The standard InChI is InChI=1S/C30H32N6O4/c1-30(2,19-35(3)4)40-23-10-11-26-21(12-23)13-27(34-26)25-14-22(15-31-28(25)37)33-29(38)39-24-16-32-36(18-24)17-20-8-6-5-7-9-20/h5-16,18,34H,17,19H2,1-4H3,(H,31,37)(H,33,38). The van der Waals surface area contributed by atoms with Crippen molar-refractivity contribution in [2.45, 2.75) is 26.0 Å². The van der Waals surface area contributed by atoms with E-state index >= 15 is 0 Å². The number of aromatic nitrogens is 4. The summed E-state index contributed by atoms with van der Waals surface area (Å²) in [6.07, 6.45) is 3.85. The predicted octanol–water partition coefficient (Wildman–Crippen LogP) is 5.10. The van der Waals surface area contributed by atoms with Gasteiger partial charge in [-0.25, -0.2) is 4.79 Å². The van der Waals surface area contributed by atoms with Gasteiger partial charge < -0.3 is 24.3 Å². The zero-order chi connectivity index (χ0) is 28.3. The Balaban J connectivity index is 1.28. The van der Waals surface area contributed by atoms with Crippen LogP contribution >= 0.6 is 0 Å². The normalized spacial score (nSPS) is 11.6. The maximum Gasteiger partial charge on any atom is 0.417 e. The fourth-order valence-corrected chi connectivity index (χ4v) is 4.69. The van der Waals surface area contributed by atoms with Gasteiger partial charge in [-0.15, -0.1) is 0 Å². The molecule has 0 unspecified atom stereocenters. The Morgan fingerprint density at radius 2 is 1.88 bits per heavy atom. The van der Waals surface area contributed by atoms with Gasteiger partial charge in [0.15, 0.2) is 5.75 Å². The van der Waals surface area contributed by atoms with Crippen LogP contribution < -0.4 is 20.3 Å². The molecule has 0 saturated heterocycles. The molecular formula is C30H32N6O4. The second-order valence-electron chi connectivity index (χ2n) is 10.5. The lowest BCUT2D eigenvalue weighted by Crippen LogP contribution is -2.39. The third-order valence-electron chi connectivity index (χ3n) is 6.13. The Morgan fingerprint density at radius 3 is 2.65 bits per heavy atom. The molecule has 10 nitrogen and oxygen atoms in total. The summed E-state index contributed by atoms with van der Waals surface area (Å²) in [7, 11) is 4.02. The number of amides is 1. The molecule has 0 bridgehead atoms. The van der Waals surface area contributed by atoms with Crippen molar-refractivity contribution in [2.75, 3.05) is 26.0 Å². The van der Waals surface area contributed by atoms with E-state index in [2.05, 4.69) is 25.3 Å². The molecule has 3 heterocycles. The largest absolute Gasteiger partial charge is 0.487 e. The first-order valence-corrected chi connectivity index (χ1v) is 12.9. The molecule has 10 heteroatoms. The quantitative estimate of drug-likeness (QED) is 0.240. The first-order valence-electron chi connectivity index (χ1n) is 12.9. The molecule has 2 aromatic carbocycles. The summed E-state index contributed by atoms with van der Waals surface area (Å²) in [5.74, 6) is 1.05. The Kier molecular flexibility index (Phi) is 7.43. The van der Waals surface area contributed by atoms with Crippen molar-refractivity contribution in [3.8, 4) is 22.8 Å². The highest BCUT2D eigenvalue weighted by atomic mass is 16.6. The number of carbonyl (C=O) groups excluding carboxylic acids is 1. The number of anilines is 1. The monoisotopic (exact) mass is 540 g/mol. The minimum atomic E-state index is -0.698. The smallest absolute Gasteiger partial charge is 0.417 e. The summed E-state index contributed by atoms with van der Waals surface area (Å²) in [5.41, 5.74) is 2.64. The van der Waals surface area contributed by atoms with E-state index in [9.17, 15) is 9.59 Å². The Labute approximate surface area is 231 Å². The van der Waals surface area contributed by atoms with Crippen molar-refractivity contribution in [3.63, 3.8) is 0 Å². The molecule has 40 heavy (non-hydrogen) atoms. The van der Waals surface area contributed by atoms with E-state index in [1.807, 2.05) is 82.5 Å². The van der Waals surface area contributed by atoms with E-state index in [1.165, 1.54) is 12.4 Å². The zero-order valence-electron chi connectivity index (χ0n) is 22.9. The number of carbonyl (C=O) groups is 1. The maximum atomic E-state index is 12.7. The number of fused-ring (bicyclic) bond motifs is 1. The molecule has 3 N–H and O–H groups in total. The SMILES string of the molecule is CN(C)CC(C)(C)Oc1ccc2[nH]c(-c3cc(NC(=O)Oc4cnn(Cc5ccccc5)c4)c[nH]c3=O)cc2c1. The van der Waals surface area contributed by atoms with Gasteiger partial charge >= 0.3 is 6.09 Å². The van der Waals surface area contributed by atoms with Crippen molar-refractivity contribution < 1.29 is 14.3 Å². The number of likely N-dealkylation sites (N-methyl/N-ethyl adjacent to an activating group) is 1. The Hall–Kier alpha value is -4.83. The second-order valence-corrected chi connectivity index (χ2v) is 10.5. The van der Waals surface area contributed by atoms with Gasteiger partial charge in [0.05, 0.1) is 35.9 Å². The van der Waals surface area contributed by atoms with Gasteiger partial charge in [-0.1, -0.05) is 30.3 Å². The van der Waals surface area contributed by atoms with Gasteiger partial charge in [-0.2, -0.15) is 5.10 Å². The first kappa shape index (κ1) is 26.8. The highest BCUT2D eigenvalue weighted by molar-refractivity contribution is 5.89. The zero-order valence-corrected chi connectivity index (χ0v) is 22.9. The molecule has 0 aliphatic carbocycles. The van der Waals surface area contributed by atoms with Gasteiger partial charge in [0.25, 0.3) is 5.56 Å². The van der Waals surface area contributed by atoms with Crippen LogP contribution in [0.4, 0.5) is 10.5 Å². The first-order chi connectivity index (χ1) is 19.1. The Morgan fingerprint density at radius 1 is 1.07 bits per heavy atom. The van der Waals surface area contributed by atoms with Crippen LogP contribution in [-0.4, -0.2) is 57.0 Å². The molecule has 0 aliphatic heterocycles. The van der Waals surface area contributed by atoms with E-state index in [0.717, 1.165) is 28.8 Å². The third kappa shape index (κ3) is 6.59. The number of nitrogens with one attached hydrogen (secondary N) is 3. The van der Waals surface area contributed by atoms with Gasteiger partial charge in [0.1, 0.15) is 11.4 Å². The molecular weight excluding hydrogens is 508 g/mol. The summed E-state index contributed by atoms with van der Waals surface area (Å²) < 4.78 is 13.3. The Bertz CT molecular complexity index is 1680. The summed E-state index contributed by atoms with van der Waals surface area (Å²) in [4.78, 5) is 33.3. The number of hydrogen-bond acceptors (Lipinski definition) is 6. The van der Waals surface area contributed by atoms with Crippen LogP contribution in [0.3, 0.4) is 0 Å². The summed E-state index contributed by atoms with van der Waals surface area (Å²) in [6, 6.07) is 19.1. The number of aromatic amines is 2. The molecule has 5 rings (SSSR count). The lowest BCUT2D eigenvalue weighted by molar-refractivity contribution is 0.0776. The maximum absolute atomic E-state index is 12.7. The number of ether oxygens (including phenoxy) is 2. The van der Waals surface area contributed by atoms with Crippen LogP contribution in [0.2, 0.25) is 0 Å². The third-order valence-corrected chi connectivity index (χ3v) is 6.13. The fourth-order valence-electron chi connectivity index (χ4n) is 4.69. The highest BCUT2D eigenvalue weighted by Crippen LogP contribution is 2.28. The van der Waals surface area contributed by atoms with Crippen LogP contribution in [0.25, 0.3) is 22.2 Å². The van der Waals surface area contributed by atoms with Crippen LogP contribution in [0, 0.1) is 0 Å². The van der Waals surface area contributed by atoms with Crippen LogP contribution in [0.1, 0.15) is 19.4 Å². The van der Waals surface area contributed by atoms with E-state index in [4.69, 9.17) is 9.47 Å². The number of benzene rings is 2. The lowest BCUT2D eigenvalue weighted by atomic mass is 10.1. The van der Waals surface area contributed by atoms with Crippen molar-refractivity contribution in [2.24, 2.45) is 0 Å². The fraction of sp³-hybridized carbons (Fsp3) is 0.233. The van der Waals surface area contributed by atoms with Crippen molar-refractivity contribution >= 4 is 22.7 Å². The molecule has 0 saturated carbocycles. The summed E-state index contributed by atoms with van der Waals surface area (Å²) in [6.45, 7) is 5.40. The molecule has 3 aromatic heterocycles. The number of hydrogen-bond donors (Lipinski definition) is 3. The topological polar surface area (TPSA) is 117 Å². The number of rotatable bonds is 9. The van der Waals surface area contributed by atoms with E-state index < -0.39 is 6.09 Å². The van der Waals surface area contributed by atoms with Gasteiger partial charge in [0.2, 0.25) is 0 Å². The van der Waals surface area contributed by atoms with Gasteiger partial charge in [-0.05, 0) is 63.8 Å². The van der Waals surface area contributed by atoms with Crippen LogP contribution in [0.15, 0.2) is 84.0 Å². The molecule has 0 atom stereocenters. The second kappa shape index (κ2) is 11.1. The summed E-state index contributed by atoms with van der Waals surface area (Å²) in [5, 5.41) is 7.81. The molecule has 1 amide bonds. The van der Waals surface area contributed by atoms with Crippen LogP contribution in [-0.2, 0) is 6.54 Å². The van der Waals surface area contributed by atoms with E-state index in [1.54, 1.807) is 16.9 Å². The minimum absolute atomic E-state index is 0.295. The predicted molar refractivity (Wildman–Crippen MR) is 155 cm³/mol. The molecule has 206 valence electrons. The molecule has 0 fully saturated rings. The number of pyridine rings is 1. The average molecular weight is 541 g/mol. The minimum Gasteiger partial charge on any atom is -0.487 e. The molecule has 0 radical (unpaired) electrons. The van der Waals surface area contributed by atoms with Crippen molar-refractivity contribution in [3.05, 3.63) is 95.2 Å². The summed E-state index contributed by atoms with van der Waals surface area (Å²) >= 11 is 0. The van der Waals surface area contributed by atoms with Gasteiger partial charge in [0, 0.05) is 23.6 Å². The lowest BCUT2D eigenvalue weighted by Gasteiger charge is -2.29. The van der Waals surface area contributed by atoms with E-state index in [0.29, 0.717) is 29.2 Å². The van der Waals surface area contributed by atoms with Crippen molar-refractivity contribution in [1.29, 1.82) is 0 Å². The van der Waals surface area contributed by atoms with Crippen molar-refractivity contribution in [1.82, 2.24) is 24.6 Å². The van der Waals surface area contributed by atoms with E-state index in [-0.39, 0.29) is 11.2 Å². The number of nitrogens with zero attached hydrogens (tertiary/aromatic N) is 3. The highest BCUT2D eigenvalue weighted by Gasteiger charge is 2.21. The van der Waals surface area contributed by atoms with Gasteiger partial charge in [-0.3, -0.25) is 14.8 Å². The van der Waals surface area contributed by atoms with Crippen LogP contribution in [0.5, 0.6) is 11.5 Å².